The van der Waals surface area contributed by atoms with E-state index >= 15 is 0 Å². The molecule has 0 bridgehead atoms. The molecule has 0 spiro atoms. The van der Waals surface area contributed by atoms with Gasteiger partial charge in [0.1, 0.15) is 5.60 Å². The van der Waals surface area contributed by atoms with Gasteiger partial charge in [0.15, 0.2) is 0 Å². The summed E-state index contributed by atoms with van der Waals surface area (Å²) in [4.78, 5) is 0. The second-order valence-electron chi connectivity index (χ2n) is 2.61. The van der Waals surface area contributed by atoms with Gasteiger partial charge in [0, 0.05) is 6.61 Å². The molecule has 2 atom stereocenters. The Labute approximate surface area is 60.9 Å². The van der Waals surface area contributed by atoms with E-state index in [1.807, 2.05) is 13.8 Å². The van der Waals surface area contributed by atoms with E-state index in [1.165, 1.54) is 0 Å². The molecule has 10 heavy (non-hydrogen) atoms. The summed E-state index contributed by atoms with van der Waals surface area (Å²) in [5.74, 6) is 0. The van der Waals surface area contributed by atoms with Gasteiger partial charge in [-0.25, -0.2) is 0 Å². The molecule has 1 saturated heterocycles. The van der Waals surface area contributed by atoms with Crippen molar-refractivity contribution in [3.05, 3.63) is 0 Å². The van der Waals surface area contributed by atoms with Crippen molar-refractivity contribution in [2.45, 2.75) is 25.6 Å². The number of aliphatic hydroxyl groups excluding tert-OH is 1. The highest BCUT2D eigenvalue weighted by atomic mass is 16.6. The lowest BCUT2D eigenvalue weighted by Gasteiger charge is -2.17. The van der Waals surface area contributed by atoms with Crippen LogP contribution >= 0.6 is 0 Å². The van der Waals surface area contributed by atoms with E-state index in [-0.39, 0.29) is 18.3 Å². The normalized spacial score (nSPS) is 33.9. The molecule has 0 aromatic rings. The maximum Gasteiger partial charge on any atom is 0.140 e. The molecule has 0 radical (unpaired) electrons. The molecular formula is C7H14O3. The first-order valence-electron chi connectivity index (χ1n) is 3.61. The summed E-state index contributed by atoms with van der Waals surface area (Å²) >= 11 is 0. The molecule has 60 valence electrons. The molecule has 0 aliphatic carbocycles. The third-order valence-electron chi connectivity index (χ3n) is 1.94. The molecule has 3 nitrogen and oxygen atoms in total. The van der Waals surface area contributed by atoms with E-state index in [9.17, 15) is 0 Å². The predicted octanol–water partition coefficient (Wildman–Crippen LogP) is 0.173. The standard InChI is InChI=1S/C7H14O3/c1-3-9-6(2)7(4-8)5-10-7/h6,8H,3-5H2,1-2H3/t6?,7-/m1/s1. The SMILES string of the molecule is CCOC(C)[C@@]1(CO)CO1. The minimum absolute atomic E-state index is 0.0162. The minimum atomic E-state index is -0.365. The van der Waals surface area contributed by atoms with Crippen molar-refractivity contribution in [3.8, 4) is 0 Å². The molecule has 1 aliphatic rings. The fraction of sp³-hybridized carbons (Fsp3) is 1.00. The van der Waals surface area contributed by atoms with Crippen LogP contribution in [0.25, 0.3) is 0 Å². The molecule has 1 rings (SSSR count). The van der Waals surface area contributed by atoms with Crippen LogP contribution in [0.2, 0.25) is 0 Å². The number of rotatable bonds is 4. The fourth-order valence-corrected chi connectivity index (χ4v) is 0.949. The summed E-state index contributed by atoms with van der Waals surface area (Å²) in [6.45, 7) is 5.22. The maximum atomic E-state index is 8.85. The second-order valence-corrected chi connectivity index (χ2v) is 2.61. The van der Waals surface area contributed by atoms with Crippen molar-refractivity contribution in [1.29, 1.82) is 0 Å². The van der Waals surface area contributed by atoms with Crippen molar-refractivity contribution in [3.63, 3.8) is 0 Å². The first-order valence-corrected chi connectivity index (χ1v) is 3.61. The molecule has 0 aromatic carbocycles. The van der Waals surface area contributed by atoms with Crippen molar-refractivity contribution < 1.29 is 14.6 Å². The molecule has 1 N–H and O–H groups in total. The van der Waals surface area contributed by atoms with Gasteiger partial charge in [-0.1, -0.05) is 0 Å². The highest BCUT2D eigenvalue weighted by Crippen LogP contribution is 2.31. The highest BCUT2D eigenvalue weighted by Gasteiger charge is 2.49. The first-order chi connectivity index (χ1) is 4.75. The van der Waals surface area contributed by atoms with Gasteiger partial charge in [0.05, 0.1) is 19.3 Å². The molecule has 1 aliphatic heterocycles. The molecule has 1 heterocycles. The largest absolute Gasteiger partial charge is 0.393 e. The Morgan fingerprint density at radius 3 is 2.70 bits per heavy atom. The lowest BCUT2D eigenvalue weighted by molar-refractivity contribution is -0.00724. The van der Waals surface area contributed by atoms with Gasteiger partial charge in [-0.05, 0) is 13.8 Å². The van der Waals surface area contributed by atoms with Crippen LogP contribution in [0.1, 0.15) is 13.8 Å². The van der Waals surface area contributed by atoms with E-state index in [4.69, 9.17) is 14.6 Å². The van der Waals surface area contributed by atoms with Gasteiger partial charge in [-0.15, -0.1) is 0 Å². The number of ether oxygens (including phenoxy) is 2. The molecule has 1 fully saturated rings. The molecule has 0 amide bonds. The Hall–Kier alpha value is -0.120. The van der Waals surface area contributed by atoms with Crippen molar-refractivity contribution in [2.75, 3.05) is 19.8 Å². The topological polar surface area (TPSA) is 42.0 Å². The minimum Gasteiger partial charge on any atom is -0.393 e. The van der Waals surface area contributed by atoms with E-state index in [0.29, 0.717) is 13.2 Å². The molecule has 0 saturated carbocycles. The molecule has 0 aromatic heterocycles. The van der Waals surface area contributed by atoms with Crippen LogP contribution in [0.4, 0.5) is 0 Å². The van der Waals surface area contributed by atoms with Crippen LogP contribution in [0, 0.1) is 0 Å². The Morgan fingerprint density at radius 1 is 1.80 bits per heavy atom. The summed E-state index contributed by atoms with van der Waals surface area (Å²) in [6, 6.07) is 0. The first kappa shape index (κ1) is 7.98. The Bertz CT molecular complexity index is 109. The van der Waals surface area contributed by atoms with Gasteiger partial charge in [0.2, 0.25) is 0 Å². The zero-order chi connectivity index (χ0) is 7.61. The molecular weight excluding hydrogens is 132 g/mol. The van der Waals surface area contributed by atoms with E-state index in [1.54, 1.807) is 0 Å². The van der Waals surface area contributed by atoms with Crippen molar-refractivity contribution in [2.24, 2.45) is 0 Å². The van der Waals surface area contributed by atoms with E-state index < -0.39 is 0 Å². The smallest absolute Gasteiger partial charge is 0.140 e. The summed E-state index contributed by atoms with van der Waals surface area (Å²) < 4.78 is 10.4. The van der Waals surface area contributed by atoms with Gasteiger partial charge >= 0.3 is 0 Å². The summed E-state index contributed by atoms with van der Waals surface area (Å²) in [6.07, 6.45) is 0.0162. The Balaban J connectivity index is 2.32. The maximum absolute atomic E-state index is 8.85. The number of aliphatic hydroxyl groups is 1. The average molecular weight is 146 g/mol. The summed E-state index contributed by atoms with van der Waals surface area (Å²) in [7, 11) is 0. The van der Waals surface area contributed by atoms with Crippen LogP contribution < -0.4 is 0 Å². The zero-order valence-electron chi connectivity index (χ0n) is 6.46. The van der Waals surface area contributed by atoms with Crippen LogP contribution in [0.15, 0.2) is 0 Å². The van der Waals surface area contributed by atoms with Crippen LogP contribution in [0.3, 0.4) is 0 Å². The van der Waals surface area contributed by atoms with Gasteiger partial charge in [-0.2, -0.15) is 0 Å². The van der Waals surface area contributed by atoms with Crippen LogP contribution in [-0.2, 0) is 9.47 Å². The number of hydrogen-bond acceptors (Lipinski definition) is 3. The van der Waals surface area contributed by atoms with Gasteiger partial charge in [-0.3, -0.25) is 0 Å². The quantitative estimate of drug-likeness (QED) is 0.575. The van der Waals surface area contributed by atoms with E-state index in [0.717, 1.165) is 0 Å². The van der Waals surface area contributed by atoms with Gasteiger partial charge in [0.25, 0.3) is 0 Å². The third-order valence-corrected chi connectivity index (χ3v) is 1.94. The zero-order valence-corrected chi connectivity index (χ0v) is 6.46. The third kappa shape index (κ3) is 1.31. The second kappa shape index (κ2) is 2.86. The average Bonchev–Trinajstić information content (AvgIpc) is 2.68. The summed E-state index contributed by atoms with van der Waals surface area (Å²) in [5.41, 5.74) is -0.365. The summed E-state index contributed by atoms with van der Waals surface area (Å²) in [5, 5.41) is 8.85. The van der Waals surface area contributed by atoms with Crippen molar-refractivity contribution in [1.82, 2.24) is 0 Å². The Morgan fingerprint density at radius 2 is 2.40 bits per heavy atom. The molecule has 1 unspecified atom stereocenters. The van der Waals surface area contributed by atoms with Crippen LogP contribution in [0.5, 0.6) is 0 Å². The number of epoxide rings is 1. The lowest BCUT2D eigenvalue weighted by Crippen LogP contribution is -2.33. The van der Waals surface area contributed by atoms with Crippen molar-refractivity contribution >= 4 is 0 Å². The van der Waals surface area contributed by atoms with Crippen LogP contribution in [-0.4, -0.2) is 36.6 Å². The predicted molar refractivity (Wildman–Crippen MR) is 36.9 cm³/mol. The lowest BCUT2D eigenvalue weighted by atomic mass is 10.1. The van der Waals surface area contributed by atoms with E-state index in [2.05, 4.69) is 0 Å². The van der Waals surface area contributed by atoms with Gasteiger partial charge < -0.3 is 14.6 Å². The number of hydrogen-bond donors (Lipinski definition) is 1. The fourth-order valence-electron chi connectivity index (χ4n) is 0.949. The Kier molecular flexibility index (Phi) is 2.28. The molecule has 3 heteroatoms. The highest BCUT2D eigenvalue weighted by molar-refractivity contribution is 4.97. The monoisotopic (exact) mass is 146 g/mol.